The molecule has 1 aromatic carbocycles. The Kier molecular flexibility index (Phi) is 17.1. The molecule has 0 aliphatic carbocycles. The summed E-state index contributed by atoms with van der Waals surface area (Å²) in [6, 6.07) is 8.52. The van der Waals surface area contributed by atoms with Crippen molar-refractivity contribution in [3.05, 3.63) is 48.0 Å². The fourth-order valence-electron chi connectivity index (χ4n) is 5.08. The lowest BCUT2D eigenvalue weighted by Gasteiger charge is -2.45. The largest absolute Gasteiger partial charge is 0.359 e. The van der Waals surface area contributed by atoms with Gasteiger partial charge >= 0.3 is 0 Å². The van der Waals surface area contributed by atoms with Gasteiger partial charge in [-0.25, -0.2) is 4.98 Å². The third-order valence-electron chi connectivity index (χ3n) is 7.90. The normalized spacial score (nSPS) is 14.9. The zero-order valence-corrected chi connectivity index (χ0v) is 26.6. The van der Waals surface area contributed by atoms with Gasteiger partial charge in [-0.2, -0.15) is 5.10 Å². The number of piperidine rings is 1. The Bertz CT molecular complexity index is 935. The van der Waals surface area contributed by atoms with Crippen molar-refractivity contribution >= 4 is 11.8 Å². The van der Waals surface area contributed by atoms with Crippen LogP contribution in [-0.4, -0.2) is 77.2 Å². The molecule has 1 atom stereocenters. The van der Waals surface area contributed by atoms with Crippen LogP contribution >= 0.6 is 0 Å². The lowest BCUT2D eigenvalue weighted by molar-refractivity contribution is -0.134. The van der Waals surface area contributed by atoms with Gasteiger partial charge in [0.05, 0.1) is 0 Å². The summed E-state index contributed by atoms with van der Waals surface area (Å²) < 4.78 is 1.98. The van der Waals surface area contributed by atoms with E-state index in [-0.39, 0.29) is 11.3 Å². The highest BCUT2D eigenvalue weighted by Crippen LogP contribution is 2.42. The zero-order chi connectivity index (χ0) is 30.0. The third kappa shape index (κ3) is 12.6. The van der Waals surface area contributed by atoms with E-state index in [0.29, 0.717) is 24.7 Å². The van der Waals surface area contributed by atoms with E-state index in [1.165, 1.54) is 30.4 Å². The second-order valence-electron chi connectivity index (χ2n) is 11.1. The standard InChI is InChI=1S/C24H36N4O.C6H14N2O.C2H6/c1-4-5-6-21(3)24(17-28-19-25-18-26-28)13-15-27(16-14-24)23(29)12-11-22-9-7-20(2)8-10-22;1-7-6(9)4-5-8(2)3;1-2/h7-10,18-19,21H,4-6,11-17H2,1-3H3;4-5H2,1-3H3,(H,7,9);1-2H3. The van der Waals surface area contributed by atoms with Crippen LogP contribution in [0.5, 0.6) is 0 Å². The van der Waals surface area contributed by atoms with E-state index in [0.717, 1.165) is 45.4 Å². The molecular weight excluding hydrogens is 500 g/mol. The molecule has 2 amide bonds. The summed E-state index contributed by atoms with van der Waals surface area (Å²) in [6.07, 6.45) is 11.3. The van der Waals surface area contributed by atoms with E-state index < -0.39 is 0 Å². The number of carbonyl (C=O) groups is 2. The summed E-state index contributed by atoms with van der Waals surface area (Å²) >= 11 is 0. The van der Waals surface area contributed by atoms with Gasteiger partial charge in [0.15, 0.2) is 0 Å². The quantitative estimate of drug-likeness (QED) is 0.380. The third-order valence-corrected chi connectivity index (χ3v) is 7.90. The van der Waals surface area contributed by atoms with E-state index in [2.05, 4.69) is 65.3 Å². The number of hydrogen-bond acceptors (Lipinski definition) is 5. The topological polar surface area (TPSA) is 83.4 Å². The van der Waals surface area contributed by atoms with E-state index in [9.17, 15) is 9.59 Å². The van der Waals surface area contributed by atoms with Crippen LogP contribution < -0.4 is 5.32 Å². The zero-order valence-electron chi connectivity index (χ0n) is 26.6. The van der Waals surface area contributed by atoms with Gasteiger partial charge in [0, 0.05) is 46.1 Å². The Morgan fingerprint density at radius 1 is 1.10 bits per heavy atom. The number of hydrogen-bond donors (Lipinski definition) is 1. The molecule has 0 spiro atoms. The van der Waals surface area contributed by atoms with Crippen molar-refractivity contribution in [1.29, 1.82) is 0 Å². The maximum Gasteiger partial charge on any atom is 0.222 e. The Labute approximate surface area is 243 Å². The number of nitrogens with one attached hydrogen (secondary N) is 1. The second kappa shape index (κ2) is 19.4. The molecule has 8 nitrogen and oxygen atoms in total. The van der Waals surface area contributed by atoms with Crippen LogP contribution in [0.15, 0.2) is 36.9 Å². The van der Waals surface area contributed by atoms with Crippen molar-refractivity contribution < 1.29 is 9.59 Å². The lowest BCUT2D eigenvalue weighted by Crippen LogP contribution is -2.47. The van der Waals surface area contributed by atoms with Gasteiger partial charge < -0.3 is 15.1 Å². The predicted molar refractivity (Wildman–Crippen MR) is 165 cm³/mol. The molecule has 8 heteroatoms. The fraction of sp³-hybridized carbons (Fsp3) is 0.688. The molecule has 1 aliphatic heterocycles. The number of likely N-dealkylation sites (tertiary alicyclic amines) is 1. The van der Waals surface area contributed by atoms with E-state index in [4.69, 9.17) is 0 Å². The molecule has 0 radical (unpaired) electrons. The molecule has 1 aromatic heterocycles. The molecule has 2 heterocycles. The lowest BCUT2D eigenvalue weighted by atomic mass is 9.67. The Morgan fingerprint density at radius 2 is 1.75 bits per heavy atom. The SMILES string of the molecule is CC.CCCCC(C)C1(Cn2cncn2)CCN(C(=O)CCc2ccc(C)cc2)CC1.CNC(=O)CCN(C)C. The van der Waals surface area contributed by atoms with Crippen LogP contribution in [0.25, 0.3) is 0 Å². The Hall–Kier alpha value is -2.74. The minimum Gasteiger partial charge on any atom is -0.359 e. The average molecular weight is 557 g/mol. The molecule has 0 bridgehead atoms. The molecule has 1 N–H and O–H groups in total. The summed E-state index contributed by atoms with van der Waals surface area (Å²) in [6.45, 7) is 14.2. The van der Waals surface area contributed by atoms with Crippen molar-refractivity contribution in [1.82, 2.24) is 29.9 Å². The molecule has 3 rings (SSSR count). The van der Waals surface area contributed by atoms with Gasteiger partial charge in [-0.3, -0.25) is 14.3 Å². The number of amides is 2. The minimum absolute atomic E-state index is 0.101. The molecule has 226 valence electrons. The molecule has 40 heavy (non-hydrogen) atoms. The molecule has 1 saturated heterocycles. The van der Waals surface area contributed by atoms with Gasteiger partial charge in [0.1, 0.15) is 12.7 Å². The average Bonchev–Trinajstić information content (AvgIpc) is 3.48. The summed E-state index contributed by atoms with van der Waals surface area (Å²) in [4.78, 5) is 31.6. The molecular formula is C32H56N6O2. The number of carbonyl (C=O) groups excluding carboxylic acids is 2. The first-order valence-electron chi connectivity index (χ1n) is 15.2. The first-order valence-corrected chi connectivity index (χ1v) is 15.2. The van der Waals surface area contributed by atoms with Crippen molar-refractivity contribution in [2.45, 2.75) is 92.5 Å². The van der Waals surface area contributed by atoms with Gasteiger partial charge in [-0.1, -0.05) is 76.8 Å². The summed E-state index contributed by atoms with van der Waals surface area (Å²) in [5.74, 6) is 1.02. The number of benzene rings is 1. The van der Waals surface area contributed by atoms with Crippen LogP contribution in [0.3, 0.4) is 0 Å². The molecule has 1 unspecified atom stereocenters. The number of nitrogens with zero attached hydrogens (tertiary/aromatic N) is 5. The molecule has 2 aromatic rings. The number of aryl methyl sites for hydroxylation is 2. The van der Waals surface area contributed by atoms with Crippen LogP contribution in [0, 0.1) is 18.3 Å². The van der Waals surface area contributed by atoms with E-state index in [1.807, 2.05) is 43.9 Å². The predicted octanol–water partition coefficient (Wildman–Crippen LogP) is 5.36. The van der Waals surface area contributed by atoms with Crippen LogP contribution in [0.2, 0.25) is 0 Å². The highest BCUT2D eigenvalue weighted by atomic mass is 16.2. The van der Waals surface area contributed by atoms with Gasteiger partial charge in [0.2, 0.25) is 11.8 Å². The number of aromatic nitrogens is 3. The van der Waals surface area contributed by atoms with Crippen LogP contribution in [0.1, 0.15) is 83.8 Å². The van der Waals surface area contributed by atoms with Crippen molar-refractivity contribution in [3.8, 4) is 0 Å². The minimum atomic E-state index is 0.101. The summed E-state index contributed by atoms with van der Waals surface area (Å²) in [7, 11) is 5.55. The van der Waals surface area contributed by atoms with Crippen molar-refractivity contribution in [3.63, 3.8) is 0 Å². The number of unbranched alkanes of at least 4 members (excludes halogenated alkanes) is 1. The molecule has 1 fully saturated rings. The van der Waals surface area contributed by atoms with E-state index >= 15 is 0 Å². The molecule has 0 saturated carbocycles. The summed E-state index contributed by atoms with van der Waals surface area (Å²) in [5.41, 5.74) is 2.71. The van der Waals surface area contributed by atoms with Crippen molar-refractivity contribution in [2.24, 2.45) is 11.3 Å². The van der Waals surface area contributed by atoms with Gasteiger partial charge in [0.25, 0.3) is 0 Å². The number of rotatable bonds is 12. The first kappa shape index (κ1) is 35.3. The first-order chi connectivity index (χ1) is 19.2. The highest BCUT2D eigenvalue weighted by molar-refractivity contribution is 5.76. The van der Waals surface area contributed by atoms with Crippen LogP contribution in [-0.2, 0) is 22.6 Å². The highest BCUT2D eigenvalue weighted by Gasteiger charge is 2.40. The second-order valence-corrected chi connectivity index (χ2v) is 11.1. The maximum atomic E-state index is 12.8. The van der Waals surface area contributed by atoms with Crippen molar-refractivity contribution in [2.75, 3.05) is 40.8 Å². The fourth-order valence-corrected chi connectivity index (χ4v) is 5.08. The van der Waals surface area contributed by atoms with Gasteiger partial charge in [-0.15, -0.1) is 0 Å². The monoisotopic (exact) mass is 556 g/mol. The maximum absolute atomic E-state index is 12.8. The van der Waals surface area contributed by atoms with E-state index in [1.54, 1.807) is 13.4 Å². The van der Waals surface area contributed by atoms with Gasteiger partial charge in [-0.05, 0) is 57.2 Å². The Balaban J connectivity index is 0.000000621. The summed E-state index contributed by atoms with van der Waals surface area (Å²) in [5, 5.41) is 6.92. The van der Waals surface area contributed by atoms with Crippen LogP contribution in [0.4, 0.5) is 0 Å². The smallest absolute Gasteiger partial charge is 0.222 e. The molecule has 1 aliphatic rings. The Morgan fingerprint density at radius 3 is 2.27 bits per heavy atom.